The highest BCUT2D eigenvalue weighted by Crippen LogP contribution is 2.31. The number of ether oxygens (including phenoxy) is 2. The van der Waals surface area contributed by atoms with E-state index in [0.29, 0.717) is 27.8 Å². The maximum Gasteiger partial charge on any atom is 0.343 e. The van der Waals surface area contributed by atoms with Gasteiger partial charge in [0.25, 0.3) is 5.91 Å². The van der Waals surface area contributed by atoms with Crippen LogP contribution in [0.25, 0.3) is 6.08 Å². The molecule has 3 aromatic carbocycles. The molecule has 9 heteroatoms. The number of nitrogens with one attached hydrogen (secondary N) is 1. The molecule has 0 aliphatic carbocycles. The molecule has 0 unspecified atom stereocenters. The molecule has 1 N–H and O–H groups in total. The molecular weight excluding hydrogens is 499 g/mol. The highest BCUT2D eigenvalue weighted by atomic mass is 35.5. The number of amides is 1. The van der Waals surface area contributed by atoms with E-state index in [1.54, 1.807) is 49.4 Å². The van der Waals surface area contributed by atoms with E-state index in [-0.39, 0.29) is 27.8 Å². The third kappa shape index (κ3) is 6.52. The summed E-state index contributed by atoms with van der Waals surface area (Å²) in [5, 5.41) is 13.2. The van der Waals surface area contributed by atoms with Crippen LogP contribution in [0.2, 0.25) is 15.1 Å². The molecule has 0 fully saturated rings. The molecule has 0 radical (unpaired) electrons. The van der Waals surface area contributed by atoms with E-state index in [0.717, 1.165) is 0 Å². The lowest BCUT2D eigenvalue weighted by atomic mass is 10.1. The molecule has 172 valence electrons. The Morgan fingerprint density at radius 3 is 2.35 bits per heavy atom. The lowest BCUT2D eigenvalue weighted by molar-refractivity contribution is -0.112. The fourth-order valence-electron chi connectivity index (χ4n) is 2.81. The molecule has 3 aromatic rings. The number of halogens is 3. The summed E-state index contributed by atoms with van der Waals surface area (Å²) in [6.45, 7) is 2.08. The molecular formula is C25H17Cl3N2O4. The SMILES string of the molecule is CCOc1cc(/C=C(\C#N)C(=O)Nc2cc(Cl)ccc2Cl)ccc1OC(=O)c1ccc(Cl)cc1. The van der Waals surface area contributed by atoms with Gasteiger partial charge in [-0.3, -0.25) is 4.79 Å². The lowest BCUT2D eigenvalue weighted by Crippen LogP contribution is -2.13. The molecule has 0 saturated heterocycles. The Hall–Kier alpha value is -3.50. The Morgan fingerprint density at radius 1 is 0.971 bits per heavy atom. The lowest BCUT2D eigenvalue weighted by Gasteiger charge is -2.12. The summed E-state index contributed by atoms with van der Waals surface area (Å²) in [5.41, 5.74) is 0.904. The standard InChI is InChI=1S/C25H17Cl3N2O4/c1-2-33-23-12-15(3-10-22(23)34-25(32)16-4-6-18(26)7-5-16)11-17(14-29)24(31)30-21-13-19(27)8-9-20(21)28/h3-13H,2H2,1H3,(H,30,31)/b17-11+. The number of nitrogens with zero attached hydrogens (tertiary/aromatic N) is 1. The smallest absolute Gasteiger partial charge is 0.343 e. The van der Waals surface area contributed by atoms with Gasteiger partial charge in [-0.2, -0.15) is 5.26 Å². The molecule has 0 bridgehead atoms. The first-order valence-corrected chi connectivity index (χ1v) is 11.1. The van der Waals surface area contributed by atoms with E-state index in [1.807, 2.05) is 6.07 Å². The van der Waals surface area contributed by atoms with Crippen molar-refractivity contribution < 1.29 is 19.1 Å². The van der Waals surface area contributed by atoms with Crippen LogP contribution in [0.15, 0.2) is 66.2 Å². The topological polar surface area (TPSA) is 88.4 Å². The molecule has 0 atom stereocenters. The predicted octanol–water partition coefficient (Wildman–Crippen LogP) is 6.81. The molecule has 0 saturated carbocycles. The zero-order valence-electron chi connectivity index (χ0n) is 17.8. The van der Waals surface area contributed by atoms with Crippen LogP contribution in [0.1, 0.15) is 22.8 Å². The van der Waals surface area contributed by atoms with Crippen molar-refractivity contribution in [3.63, 3.8) is 0 Å². The average Bonchev–Trinajstić information content (AvgIpc) is 2.81. The van der Waals surface area contributed by atoms with E-state index in [9.17, 15) is 14.9 Å². The van der Waals surface area contributed by atoms with Crippen molar-refractivity contribution in [2.45, 2.75) is 6.92 Å². The van der Waals surface area contributed by atoms with Crippen LogP contribution >= 0.6 is 34.8 Å². The van der Waals surface area contributed by atoms with Gasteiger partial charge in [0.1, 0.15) is 11.6 Å². The van der Waals surface area contributed by atoms with E-state index in [2.05, 4.69) is 5.32 Å². The summed E-state index contributed by atoms with van der Waals surface area (Å²) in [6.07, 6.45) is 1.38. The van der Waals surface area contributed by atoms with E-state index < -0.39 is 11.9 Å². The first kappa shape index (κ1) is 25.1. The minimum absolute atomic E-state index is 0.176. The largest absolute Gasteiger partial charge is 0.490 e. The van der Waals surface area contributed by atoms with Gasteiger partial charge in [-0.1, -0.05) is 40.9 Å². The Morgan fingerprint density at radius 2 is 1.68 bits per heavy atom. The van der Waals surface area contributed by atoms with Crippen molar-refractivity contribution in [3.8, 4) is 17.6 Å². The molecule has 0 aliphatic rings. The van der Waals surface area contributed by atoms with E-state index in [1.165, 1.54) is 24.3 Å². The summed E-state index contributed by atoms with van der Waals surface area (Å²) in [4.78, 5) is 25.1. The molecule has 34 heavy (non-hydrogen) atoms. The number of anilines is 1. The van der Waals surface area contributed by atoms with Crippen LogP contribution in [-0.4, -0.2) is 18.5 Å². The summed E-state index contributed by atoms with van der Waals surface area (Å²) in [6, 6.07) is 17.4. The second-order valence-electron chi connectivity index (χ2n) is 6.78. The molecule has 0 aliphatic heterocycles. The molecule has 6 nitrogen and oxygen atoms in total. The number of carbonyl (C=O) groups is 2. The summed E-state index contributed by atoms with van der Waals surface area (Å²) >= 11 is 17.9. The predicted molar refractivity (Wildman–Crippen MR) is 133 cm³/mol. The molecule has 0 spiro atoms. The zero-order chi connectivity index (χ0) is 24.7. The van der Waals surface area contributed by atoms with Crippen molar-refractivity contribution in [2.75, 3.05) is 11.9 Å². The van der Waals surface area contributed by atoms with Gasteiger partial charge in [0.05, 0.1) is 22.9 Å². The average molecular weight is 516 g/mol. The number of hydrogen-bond acceptors (Lipinski definition) is 5. The minimum atomic E-state index is -0.664. The van der Waals surface area contributed by atoms with Crippen molar-refractivity contribution >= 4 is 58.4 Å². The van der Waals surface area contributed by atoms with E-state index in [4.69, 9.17) is 44.3 Å². The highest BCUT2D eigenvalue weighted by Gasteiger charge is 2.15. The van der Waals surface area contributed by atoms with Crippen LogP contribution in [0.5, 0.6) is 11.5 Å². The van der Waals surface area contributed by atoms with Crippen LogP contribution < -0.4 is 14.8 Å². The third-order valence-corrected chi connectivity index (χ3v) is 5.22. The number of esters is 1. The number of benzene rings is 3. The third-order valence-electron chi connectivity index (χ3n) is 4.40. The number of nitriles is 1. The molecule has 1 amide bonds. The summed E-state index contributed by atoms with van der Waals surface area (Å²) in [7, 11) is 0. The number of carbonyl (C=O) groups excluding carboxylic acids is 2. The Balaban J connectivity index is 1.84. The second kappa shape index (κ2) is 11.6. The van der Waals surface area contributed by atoms with Crippen LogP contribution in [0.4, 0.5) is 5.69 Å². The summed E-state index contributed by atoms with van der Waals surface area (Å²) < 4.78 is 11.1. The fraction of sp³-hybridized carbons (Fsp3) is 0.0800. The molecule has 0 heterocycles. The van der Waals surface area contributed by atoms with Crippen LogP contribution in [0.3, 0.4) is 0 Å². The van der Waals surface area contributed by atoms with Gasteiger partial charge >= 0.3 is 5.97 Å². The minimum Gasteiger partial charge on any atom is -0.490 e. The maximum absolute atomic E-state index is 12.6. The Kier molecular flexibility index (Phi) is 8.55. The summed E-state index contributed by atoms with van der Waals surface area (Å²) in [5.74, 6) is -0.791. The van der Waals surface area contributed by atoms with Crippen molar-refractivity contribution in [2.24, 2.45) is 0 Å². The van der Waals surface area contributed by atoms with Crippen molar-refractivity contribution in [1.82, 2.24) is 0 Å². The van der Waals surface area contributed by atoms with Crippen LogP contribution in [-0.2, 0) is 4.79 Å². The van der Waals surface area contributed by atoms with Gasteiger partial charge in [-0.05, 0) is 73.2 Å². The van der Waals surface area contributed by atoms with Gasteiger partial charge in [0.2, 0.25) is 0 Å². The Labute approximate surface area is 211 Å². The van der Waals surface area contributed by atoms with Gasteiger partial charge in [-0.15, -0.1) is 0 Å². The number of rotatable bonds is 7. The van der Waals surface area contributed by atoms with Gasteiger partial charge in [0.15, 0.2) is 11.5 Å². The van der Waals surface area contributed by atoms with Gasteiger partial charge < -0.3 is 14.8 Å². The van der Waals surface area contributed by atoms with E-state index >= 15 is 0 Å². The first-order chi connectivity index (χ1) is 16.3. The van der Waals surface area contributed by atoms with Gasteiger partial charge in [-0.25, -0.2) is 4.79 Å². The monoisotopic (exact) mass is 514 g/mol. The van der Waals surface area contributed by atoms with Crippen LogP contribution in [0, 0.1) is 11.3 Å². The van der Waals surface area contributed by atoms with Crippen molar-refractivity contribution in [1.29, 1.82) is 5.26 Å². The second-order valence-corrected chi connectivity index (χ2v) is 8.06. The Bertz CT molecular complexity index is 1300. The normalized spacial score (nSPS) is 10.9. The molecule has 0 aromatic heterocycles. The quantitative estimate of drug-likeness (QED) is 0.162. The van der Waals surface area contributed by atoms with Crippen molar-refractivity contribution in [3.05, 3.63) is 92.4 Å². The fourth-order valence-corrected chi connectivity index (χ4v) is 3.27. The first-order valence-electron chi connectivity index (χ1n) is 9.93. The zero-order valence-corrected chi connectivity index (χ0v) is 20.0. The maximum atomic E-state index is 12.6. The molecule has 3 rings (SSSR count). The number of hydrogen-bond donors (Lipinski definition) is 1. The highest BCUT2D eigenvalue weighted by molar-refractivity contribution is 6.36. The van der Waals surface area contributed by atoms with Gasteiger partial charge in [0, 0.05) is 10.0 Å².